The number of carbonyl (C=O) groups is 2. The first kappa shape index (κ1) is 29.4. The summed E-state index contributed by atoms with van der Waals surface area (Å²) in [5.41, 5.74) is 6.41. The Labute approximate surface area is 263 Å². The van der Waals surface area contributed by atoms with Crippen molar-refractivity contribution >= 4 is 51.2 Å². The van der Waals surface area contributed by atoms with Crippen LogP contribution in [0.15, 0.2) is 59.3 Å². The van der Waals surface area contributed by atoms with Gasteiger partial charge in [0, 0.05) is 60.4 Å². The number of carboxylic acids is 1. The van der Waals surface area contributed by atoms with Crippen LogP contribution in [0.1, 0.15) is 78.2 Å². The number of hydrogen-bond acceptors (Lipinski definition) is 4. The van der Waals surface area contributed by atoms with Gasteiger partial charge in [0.15, 0.2) is 0 Å². The number of aryl methyl sites for hydroxylation is 2. The number of aliphatic carboxylic acids is 1. The summed E-state index contributed by atoms with van der Waals surface area (Å²) in [7, 11) is 3.91. The normalized spacial score (nSPS) is 18.0. The first-order valence-corrected chi connectivity index (χ1v) is 16.2. The lowest BCUT2D eigenvalue weighted by Gasteiger charge is -2.41. The third-order valence-electron chi connectivity index (χ3n) is 9.73. The quantitative estimate of drug-likeness (QED) is 0.179. The molecule has 2 aromatic carbocycles. The van der Waals surface area contributed by atoms with E-state index in [-0.39, 0.29) is 24.7 Å². The van der Waals surface area contributed by atoms with Crippen LogP contribution < -0.4 is 5.32 Å². The van der Waals surface area contributed by atoms with E-state index >= 15 is 0 Å². The highest BCUT2D eigenvalue weighted by Crippen LogP contribution is 2.48. The van der Waals surface area contributed by atoms with E-state index in [1.807, 2.05) is 60.4 Å². The number of nitrogens with one attached hydrogen (secondary N) is 1. The highest BCUT2D eigenvalue weighted by atomic mass is 32.1. The average molecular weight is 629 g/mol. The van der Waals surface area contributed by atoms with Crippen LogP contribution in [-0.4, -0.2) is 37.0 Å². The number of nitrogens with zero attached hydrogens (tertiary/aromatic N) is 3. The minimum Gasteiger partial charge on any atom is -0.478 e. The smallest absolute Gasteiger partial charge is 0.328 e. The van der Waals surface area contributed by atoms with E-state index in [4.69, 9.17) is 10.1 Å². The molecule has 0 radical (unpaired) electrons. The van der Waals surface area contributed by atoms with Crippen LogP contribution >= 0.6 is 11.3 Å². The van der Waals surface area contributed by atoms with Gasteiger partial charge in [0.1, 0.15) is 5.82 Å². The van der Waals surface area contributed by atoms with Crippen molar-refractivity contribution in [3.05, 3.63) is 81.8 Å². The number of alkyl halides is 2. The molecular weight excluding hydrogens is 594 g/mol. The summed E-state index contributed by atoms with van der Waals surface area (Å²) in [6, 6.07) is 13.4. The van der Waals surface area contributed by atoms with E-state index in [9.17, 15) is 18.4 Å². The van der Waals surface area contributed by atoms with Crippen molar-refractivity contribution in [2.24, 2.45) is 14.1 Å². The monoisotopic (exact) mass is 628 g/mol. The van der Waals surface area contributed by atoms with Gasteiger partial charge in [0.25, 0.3) is 5.91 Å². The zero-order chi connectivity index (χ0) is 31.5. The largest absolute Gasteiger partial charge is 0.478 e. The van der Waals surface area contributed by atoms with Crippen LogP contribution in [0.3, 0.4) is 0 Å². The molecule has 7 nitrogen and oxygen atoms in total. The minimum atomic E-state index is -2.61. The molecule has 3 heterocycles. The summed E-state index contributed by atoms with van der Waals surface area (Å²) < 4.78 is 32.3. The number of rotatable bonds is 7. The van der Waals surface area contributed by atoms with Crippen LogP contribution in [0.2, 0.25) is 0 Å². The second-order valence-electron chi connectivity index (χ2n) is 12.5. The maximum absolute atomic E-state index is 14.1. The van der Waals surface area contributed by atoms with Gasteiger partial charge in [-0.15, -0.1) is 0 Å². The van der Waals surface area contributed by atoms with Crippen molar-refractivity contribution in [1.29, 1.82) is 0 Å². The summed E-state index contributed by atoms with van der Waals surface area (Å²) in [4.78, 5) is 29.8. The zero-order valence-corrected chi connectivity index (χ0v) is 26.0. The molecule has 0 atom stereocenters. The summed E-state index contributed by atoms with van der Waals surface area (Å²) >= 11 is 1.60. The van der Waals surface area contributed by atoms with Crippen molar-refractivity contribution in [2.45, 2.75) is 62.3 Å². The summed E-state index contributed by atoms with van der Waals surface area (Å²) in [5, 5.41) is 17.4. The molecule has 2 aliphatic rings. The van der Waals surface area contributed by atoms with Crippen LogP contribution in [0.25, 0.3) is 39.3 Å². The molecule has 0 unspecified atom stereocenters. The Morgan fingerprint density at radius 2 is 1.80 bits per heavy atom. The average Bonchev–Trinajstić information content (AvgIpc) is 3.71. The number of benzene rings is 2. The summed E-state index contributed by atoms with van der Waals surface area (Å²) in [6.45, 7) is 0. The second kappa shape index (κ2) is 10.9. The zero-order valence-electron chi connectivity index (χ0n) is 25.1. The lowest BCUT2D eigenvalue weighted by Crippen LogP contribution is -2.52. The predicted octanol–water partition coefficient (Wildman–Crippen LogP) is 7.99. The number of thiophene rings is 1. The molecule has 2 fully saturated rings. The topological polar surface area (TPSA) is 89.2 Å². The van der Waals surface area contributed by atoms with Gasteiger partial charge < -0.3 is 19.6 Å². The SMILES string of the molecule is Cn1c(C2(NC(=O)c3ccc4c(C5CCC(F)(F)CC5)c(-c5ccsc5)n(C)c4c3)CCC2)nc2ccc(/C=C/C(=O)O)cc21. The van der Waals surface area contributed by atoms with Gasteiger partial charge in [-0.1, -0.05) is 12.1 Å². The van der Waals surface area contributed by atoms with Crippen molar-refractivity contribution in [3.63, 3.8) is 0 Å². The molecular formula is C35H34F2N4O3S. The van der Waals surface area contributed by atoms with E-state index in [1.54, 1.807) is 17.4 Å². The van der Waals surface area contributed by atoms with E-state index in [2.05, 4.69) is 21.3 Å². The summed E-state index contributed by atoms with van der Waals surface area (Å²) in [6.07, 6.45) is 5.78. The Balaban J connectivity index is 1.23. The standard InChI is InChI=1S/C35H34F2N4O3S/c1-40-27-19-23(6-7-25(27)30(31(40)24-12-17-45-20-24)22-10-15-35(36,37)16-11-22)32(44)39-34(13-3-14-34)33-38-26-8-4-21(5-9-29(42)43)18-28(26)41(33)2/h4-9,12,17-20,22H,3,10-11,13-16H2,1-2H3,(H,39,44)(H,42,43)/b9-5+. The van der Waals surface area contributed by atoms with Gasteiger partial charge in [-0.05, 0) is 90.9 Å². The maximum atomic E-state index is 14.1. The van der Waals surface area contributed by atoms with Gasteiger partial charge in [0.2, 0.25) is 5.92 Å². The van der Waals surface area contributed by atoms with Crippen LogP contribution in [0, 0.1) is 0 Å². The first-order chi connectivity index (χ1) is 21.6. The van der Waals surface area contributed by atoms with E-state index in [0.29, 0.717) is 18.4 Å². The molecule has 3 aromatic heterocycles. The van der Waals surface area contributed by atoms with Gasteiger partial charge in [-0.2, -0.15) is 11.3 Å². The van der Waals surface area contributed by atoms with E-state index in [1.165, 1.54) is 0 Å². The number of fused-ring (bicyclic) bond motifs is 2. The Kier molecular flexibility index (Phi) is 7.15. The lowest BCUT2D eigenvalue weighted by atomic mass is 9.75. The Hall–Kier alpha value is -4.31. The molecule has 5 aromatic rings. The summed E-state index contributed by atoms with van der Waals surface area (Å²) in [5.74, 6) is -3.01. The molecule has 2 N–H and O–H groups in total. The number of halogens is 2. The molecule has 0 bridgehead atoms. The van der Waals surface area contributed by atoms with Crippen molar-refractivity contribution < 1.29 is 23.5 Å². The number of aromatic nitrogens is 3. The molecule has 2 saturated carbocycles. The Morgan fingerprint density at radius 1 is 1.02 bits per heavy atom. The van der Waals surface area contributed by atoms with Gasteiger partial charge in [-0.3, -0.25) is 4.79 Å². The molecule has 0 aliphatic heterocycles. The molecule has 7 rings (SSSR count). The van der Waals surface area contributed by atoms with Crippen LogP contribution in [0.5, 0.6) is 0 Å². The van der Waals surface area contributed by atoms with Crippen LogP contribution in [0.4, 0.5) is 8.78 Å². The Bertz CT molecular complexity index is 1970. The number of hydrogen-bond donors (Lipinski definition) is 2. The van der Waals surface area contributed by atoms with E-state index < -0.39 is 17.4 Å². The molecule has 10 heteroatoms. The van der Waals surface area contributed by atoms with E-state index in [0.717, 1.165) is 75.5 Å². The number of amides is 1. The molecule has 0 spiro atoms. The predicted molar refractivity (Wildman–Crippen MR) is 173 cm³/mol. The maximum Gasteiger partial charge on any atom is 0.328 e. The third-order valence-corrected chi connectivity index (χ3v) is 10.4. The minimum absolute atomic E-state index is 0.0267. The fourth-order valence-corrected chi connectivity index (χ4v) is 7.87. The fraction of sp³-hybridized carbons (Fsp3) is 0.343. The van der Waals surface area contributed by atoms with Crippen molar-refractivity contribution in [3.8, 4) is 11.3 Å². The van der Waals surface area contributed by atoms with Crippen molar-refractivity contribution in [2.75, 3.05) is 0 Å². The third kappa shape index (κ3) is 5.14. The second-order valence-corrected chi connectivity index (χ2v) is 13.3. The highest BCUT2D eigenvalue weighted by Gasteiger charge is 2.44. The fourth-order valence-electron chi connectivity index (χ4n) is 7.23. The van der Waals surface area contributed by atoms with Gasteiger partial charge >= 0.3 is 5.97 Å². The highest BCUT2D eigenvalue weighted by molar-refractivity contribution is 7.08. The van der Waals surface area contributed by atoms with Gasteiger partial charge in [-0.25, -0.2) is 18.6 Å². The lowest BCUT2D eigenvalue weighted by molar-refractivity contribution is -0.131. The van der Waals surface area contributed by atoms with Crippen LogP contribution in [-0.2, 0) is 24.4 Å². The number of carboxylic acid groups (broad SMARTS) is 1. The van der Waals surface area contributed by atoms with Crippen molar-refractivity contribution in [1.82, 2.24) is 19.4 Å². The number of imidazole rings is 1. The molecule has 45 heavy (non-hydrogen) atoms. The first-order valence-electron chi connectivity index (χ1n) is 15.3. The molecule has 232 valence electrons. The van der Waals surface area contributed by atoms with Gasteiger partial charge in [0.05, 0.1) is 22.3 Å². The molecule has 0 saturated heterocycles. The molecule has 1 amide bonds. The number of carbonyl (C=O) groups excluding carboxylic acids is 1. The molecule has 2 aliphatic carbocycles. The Morgan fingerprint density at radius 3 is 2.47 bits per heavy atom.